The minimum absolute atomic E-state index is 0.0750. The molecule has 19 nitrogen and oxygen atoms in total. The van der Waals surface area contributed by atoms with Gasteiger partial charge >= 0.3 is 30.2 Å². The van der Waals surface area contributed by atoms with E-state index in [1.54, 1.807) is 41.5 Å². The molecule has 3 amide bonds. The predicted octanol–water partition coefficient (Wildman–Crippen LogP) is 19.1. The van der Waals surface area contributed by atoms with E-state index < -0.39 is 60.6 Å². The molecule has 2 atom stereocenters. The van der Waals surface area contributed by atoms with Crippen LogP contribution in [0.5, 0.6) is 0 Å². The van der Waals surface area contributed by atoms with Gasteiger partial charge in [-0.15, -0.1) is 0 Å². The Hall–Kier alpha value is -4.01. The third-order valence-electron chi connectivity index (χ3n) is 16.5. The summed E-state index contributed by atoms with van der Waals surface area (Å²) >= 11 is 0. The van der Waals surface area contributed by atoms with E-state index in [0.717, 1.165) is 49.8 Å². The summed E-state index contributed by atoms with van der Waals surface area (Å²) in [7, 11) is 1.47. The van der Waals surface area contributed by atoms with Crippen molar-refractivity contribution in [1.29, 1.82) is 0 Å². The zero-order chi connectivity index (χ0) is 72.1. The monoisotopic (exact) mass is 1400 g/mol. The fourth-order valence-corrected chi connectivity index (χ4v) is 10.8. The molecule has 19 heteroatoms. The van der Waals surface area contributed by atoms with Crippen LogP contribution in [0, 0.1) is 0 Å². The molecule has 0 spiro atoms. The van der Waals surface area contributed by atoms with Crippen molar-refractivity contribution in [2.75, 3.05) is 119 Å². The van der Waals surface area contributed by atoms with Gasteiger partial charge < -0.3 is 57.4 Å². The number of amides is 3. The van der Waals surface area contributed by atoms with E-state index in [9.17, 15) is 24.0 Å². The van der Waals surface area contributed by atoms with Crippen molar-refractivity contribution in [3.05, 3.63) is 24.3 Å². The number of carbonyl (C=O) groups is 5. The standard InChI is InChI=1S/C79H149N3O16/c1-11-14-17-20-23-26-29-31-33-35-37-39-42-45-48-51-57-92-70-72(93-58-52-49-46-43-40-38-36-34-32-30-27-24-21-18-15-12-2)71(53-50-47-44-41-28-25-22-19-16-13-3)96-75(85)80-54-59-89-62-63-90-64-65-91-66-67-95-74(84)69-82(77(87)98-79(7,8)9)56-61-94-73(83)68-81(55-60-88-10)76(86)97-78(4,5)6/h31-34,71-72H,11-30,35-70H2,1-10H3,(H,80,85)/b33-31-,34-32-. The topological polar surface area (TPSA) is 205 Å². The lowest BCUT2D eigenvalue weighted by molar-refractivity contribution is -0.147. The Morgan fingerprint density at radius 2 is 0.735 bits per heavy atom. The van der Waals surface area contributed by atoms with Crippen LogP contribution in [0.2, 0.25) is 0 Å². The van der Waals surface area contributed by atoms with Crippen LogP contribution in [-0.2, 0) is 61.7 Å². The second-order valence-corrected chi connectivity index (χ2v) is 28.3. The SMILES string of the molecule is CCCCCCCC/C=C\CCCCCCCCOCC(OCCCCCCCC/C=C\CCCCCCCC)C(CCCCCCCCCCCC)OC(=O)NCCOCCOCCOCCOC(=O)CN(CCOC(=O)CN(CCOC)C(=O)OC(C)(C)C)C(=O)OC(C)(C)C. The second kappa shape index (κ2) is 68.7. The number of unbranched alkanes of at least 4 members (excludes halogenated alkanes) is 33. The molecule has 98 heavy (non-hydrogen) atoms. The fraction of sp³-hybridized carbons (Fsp3) is 0.886. The summed E-state index contributed by atoms with van der Waals surface area (Å²) in [5.41, 5.74) is -1.64. The van der Waals surface area contributed by atoms with Gasteiger partial charge in [0.15, 0.2) is 0 Å². The molecule has 0 saturated carbocycles. The molecule has 0 rings (SSSR count). The molecule has 0 aliphatic rings. The summed E-state index contributed by atoms with van der Waals surface area (Å²) in [6.45, 7) is 19.3. The van der Waals surface area contributed by atoms with Crippen LogP contribution in [-0.4, -0.2) is 183 Å². The molecule has 0 aliphatic carbocycles. The van der Waals surface area contributed by atoms with Gasteiger partial charge in [-0.25, -0.2) is 14.4 Å². The van der Waals surface area contributed by atoms with Gasteiger partial charge in [0.05, 0.1) is 59.4 Å². The number of carbonyl (C=O) groups excluding carboxylic acids is 5. The van der Waals surface area contributed by atoms with Crippen LogP contribution in [0.4, 0.5) is 14.4 Å². The van der Waals surface area contributed by atoms with Crippen LogP contribution in [0.1, 0.15) is 313 Å². The van der Waals surface area contributed by atoms with Crippen LogP contribution in [0.25, 0.3) is 0 Å². The highest BCUT2D eigenvalue weighted by molar-refractivity contribution is 5.79. The molecular weight excluding hydrogens is 1250 g/mol. The minimum Gasteiger partial charge on any atom is -0.462 e. The Kier molecular flexibility index (Phi) is 65.9. The number of alkyl carbamates (subject to hydrolysis) is 1. The summed E-state index contributed by atoms with van der Waals surface area (Å²) in [4.78, 5) is 67.0. The third-order valence-corrected chi connectivity index (χ3v) is 16.5. The third kappa shape index (κ3) is 66.5. The summed E-state index contributed by atoms with van der Waals surface area (Å²) < 4.78 is 62.9. The number of hydrogen-bond donors (Lipinski definition) is 1. The number of nitrogens with zero attached hydrogens (tertiary/aromatic N) is 2. The number of allylic oxidation sites excluding steroid dienone is 4. The maximum Gasteiger partial charge on any atom is 0.410 e. The average Bonchev–Trinajstić information content (AvgIpc) is 0.938. The first-order valence-corrected chi connectivity index (χ1v) is 39.4. The molecule has 2 unspecified atom stereocenters. The zero-order valence-corrected chi connectivity index (χ0v) is 64.5. The summed E-state index contributed by atoms with van der Waals surface area (Å²) in [5.74, 6) is -1.45. The molecule has 0 aromatic rings. The van der Waals surface area contributed by atoms with E-state index in [2.05, 4.69) is 50.4 Å². The predicted molar refractivity (Wildman–Crippen MR) is 396 cm³/mol. The molecule has 0 heterocycles. The quantitative estimate of drug-likeness (QED) is 0.0260. The van der Waals surface area contributed by atoms with Crippen LogP contribution in [0.3, 0.4) is 0 Å². The molecule has 0 aliphatic heterocycles. The van der Waals surface area contributed by atoms with Crippen molar-refractivity contribution in [2.45, 2.75) is 336 Å². The summed E-state index contributed by atoms with van der Waals surface area (Å²) in [6.07, 6.45) is 55.0. The average molecular weight is 1400 g/mol. The maximum atomic E-state index is 13.5. The number of methoxy groups -OCH3 is 1. The van der Waals surface area contributed by atoms with Gasteiger partial charge in [0.1, 0.15) is 49.7 Å². The van der Waals surface area contributed by atoms with Gasteiger partial charge in [0.25, 0.3) is 0 Å². The number of esters is 2. The van der Waals surface area contributed by atoms with Gasteiger partial charge in [0, 0.05) is 33.4 Å². The summed E-state index contributed by atoms with van der Waals surface area (Å²) in [6, 6.07) is 0. The van der Waals surface area contributed by atoms with Crippen molar-refractivity contribution in [3.63, 3.8) is 0 Å². The van der Waals surface area contributed by atoms with Gasteiger partial charge in [0.2, 0.25) is 0 Å². The second-order valence-electron chi connectivity index (χ2n) is 28.3. The van der Waals surface area contributed by atoms with Crippen molar-refractivity contribution >= 4 is 30.2 Å². The molecule has 0 aromatic carbocycles. The number of hydrogen-bond acceptors (Lipinski definition) is 16. The van der Waals surface area contributed by atoms with Crippen LogP contribution in [0.15, 0.2) is 24.3 Å². The van der Waals surface area contributed by atoms with Gasteiger partial charge in [-0.05, 0) is 119 Å². The van der Waals surface area contributed by atoms with Gasteiger partial charge in [-0.2, -0.15) is 0 Å². The van der Waals surface area contributed by atoms with Gasteiger partial charge in [-0.3, -0.25) is 19.4 Å². The first kappa shape index (κ1) is 94.0. The first-order chi connectivity index (χ1) is 47.5. The molecule has 576 valence electrons. The Bertz CT molecular complexity index is 1890. The molecule has 0 radical (unpaired) electrons. The lowest BCUT2D eigenvalue weighted by Crippen LogP contribution is -2.43. The van der Waals surface area contributed by atoms with Crippen molar-refractivity contribution in [1.82, 2.24) is 15.1 Å². The normalized spacial score (nSPS) is 12.5. The Morgan fingerprint density at radius 1 is 0.378 bits per heavy atom. The Labute approximate surface area is 598 Å². The maximum absolute atomic E-state index is 13.5. The lowest BCUT2D eigenvalue weighted by atomic mass is 10.0. The highest BCUT2D eigenvalue weighted by atomic mass is 16.6. The van der Waals surface area contributed by atoms with E-state index in [4.69, 9.17) is 52.1 Å². The highest BCUT2D eigenvalue weighted by Crippen LogP contribution is 2.20. The molecule has 0 saturated heterocycles. The van der Waals surface area contributed by atoms with E-state index in [1.807, 2.05) is 0 Å². The number of ether oxygens (including phenoxy) is 11. The van der Waals surface area contributed by atoms with E-state index >= 15 is 0 Å². The highest BCUT2D eigenvalue weighted by Gasteiger charge is 2.29. The van der Waals surface area contributed by atoms with E-state index in [1.165, 1.54) is 217 Å². The van der Waals surface area contributed by atoms with Crippen molar-refractivity contribution in [3.8, 4) is 0 Å². The Morgan fingerprint density at radius 3 is 1.15 bits per heavy atom. The van der Waals surface area contributed by atoms with Crippen LogP contribution < -0.4 is 5.32 Å². The molecule has 0 fully saturated rings. The Balaban J connectivity index is 5.21. The number of rotatable bonds is 70. The first-order valence-electron chi connectivity index (χ1n) is 39.4. The molecule has 1 N–H and O–H groups in total. The summed E-state index contributed by atoms with van der Waals surface area (Å²) in [5, 5.41) is 2.91. The lowest BCUT2D eigenvalue weighted by Gasteiger charge is -2.27. The molecule has 0 aromatic heterocycles. The fourth-order valence-electron chi connectivity index (χ4n) is 10.8. The largest absolute Gasteiger partial charge is 0.462 e. The number of nitrogens with one attached hydrogen (secondary N) is 1. The molecular formula is C79H149N3O16. The van der Waals surface area contributed by atoms with Crippen LogP contribution >= 0.6 is 0 Å². The van der Waals surface area contributed by atoms with Gasteiger partial charge in [-0.1, -0.05) is 218 Å². The van der Waals surface area contributed by atoms with Crippen molar-refractivity contribution in [2.24, 2.45) is 0 Å². The zero-order valence-electron chi connectivity index (χ0n) is 64.5. The smallest absolute Gasteiger partial charge is 0.410 e. The van der Waals surface area contributed by atoms with Crippen molar-refractivity contribution < 1.29 is 76.1 Å². The van der Waals surface area contributed by atoms with E-state index in [0.29, 0.717) is 33.0 Å². The molecule has 0 bridgehead atoms. The van der Waals surface area contributed by atoms with E-state index in [-0.39, 0.29) is 72.0 Å². The minimum atomic E-state index is -0.860.